The number of piperidine rings is 1. The van der Waals surface area contributed by atoms with Gasteiger partial charge in [0.05, 0.1) is 6.54 Å². The lowest BCUT2D eigenvalue weighted by molar-refractivity contribution is -0.136. The average molecular weight is 545 g/mol. The van der Waals surface area contributed by atoms with E-state index >= 15 is 0 Å². The fourth-order valence-electron chi connectivity index (χ4n) is 3.95. The van der Waals surface area contributed by atoms with E-state index in [2.05, 4.69) is 55.5 Å². The third-order valence-electron chi connectivity index (χ3n) is 5.90. The number of nitrogens with one attached hydrogen (secondary N) is 2. The van der Waals surface area contributed by atoms with Crippen LogP contribution < -0.4 is 15.4 Å². The van der Waals surface area contributed by atoms with Gasteiger partial charge in [-0.1, -0.05) is 45.9 Å². The topological polar surface area (TPSA) is 66.0 Å². The van der Waals surface area contributed by atoms with Gasteiger partial charge in [0.1, 0.15) is 12.4 Å². The maximum Gasteiger partial charge on any atom is 0.225 e. The molecule has 1 saturated heterocycles. The van der Waals surface area contributed by atoms with Crippen LogP contribution in [0.25, 0.3) is 0 Å². The molecule has 0 radical (unpaired) electrons. The van der Waals surface area contributed by atoms with Gasteiger partial charge in [0.2, 0.25) is 5.91 Å². The predicted molar refractivity (Wildman–Crippen MR) is 140 cm³/mol. The van der Waals surface area contributed by atoms with Gasteiger partial charge in [-0.25, -0.2) is 0 Å². The van der Waals surface area contributed by atoms with Crippen molar-refractivity contribution in [3.05, 3.63) is 29.8 Å². The van der Waals surface area contributed by atoms with E-state index in [1.54, 1.807) is 7.05 Å². The van der Waals surface area contributed by atoms with Crippen molar-refractivity contribution in [3.63, 3.8) is 0 Å². The molecule has 7 heteroatoms. The number of amides is 1. The first kappa shape index (κ1) is 27.5. The second-order valence-corrected chi connectivity index (χ2v) is 8.30. The van der Waals surface area contributed by atoms with Crippen LogP contribution in [0.1, 0.15) is 64.9 Å². The fourth-order valence-corrected chi connectivity index (χ4v) is 3.95. The number of para-hydroxylation sites is 1. The Morgan fingerprint density at radius 1 is 1.19 bits per heavy atom. The van der Waals surface area contributed by atoms with Crippen LogP contribution in [0.3, 0.4) is 0 Å². The van der Waals surface area contributed by atoms with Crippen LogP contribution in [0.15, 0.2) is 29.3 Å². The van der Waals surface area contributed by atoms with E-state index in [9.17, 15) is 4.79 Å². The Kier molecular flexibility index (Phi) is 12.9. The zero-order valence-corrected chi connectivity index (χ0v) is 22.1. The second kappa shape index (κ2) is 14.5. The van der Waals surface area contributed by atoms with E-state index in [1.165, 1.54) is 5.56 Å². The molecule has 0 spiro atoms. The number of carbonyl (C=O) groups is 1. The molecule has 6 nitrogen and oxygen atoms in total. The molecule has 1 heterocycles. The Balaban J connectivity index is 0.00000480. The summed E-state index contributed by atoms with van der Waals surface area (Å²) in [4.78, 5) is 18.9. The van der Waals surface area contributed by atoms with Gasteiger partial charge in [-0.15, -0.1) is 24.0 Å². The Labute approximate surface area is 205 Å². The summed E-state index contributed by atoms with van der Waals surface area (Å²) in [7, 11) is 1.79. The number of ether oxygens (including phenoxy) is 1. The first-order valence-corrected chi connectivity index (χ1v) is 11.5. The Morgan fingerprint density at radius 3 is 2.42 bits per heavy atom. The summed E-state index contributed by atoms with van der Waals surface area (Å²) in [6.45, 7) is 11.4. The number of guanidine groups is 1. The van der Waals surface area contributed by atoms with E-state index in [1.807, 2.05) is 17.0 Å². The summed E-state index contributed by atoms with van der Waals surface area (Å²) in [5.41, 5.74) is 1.23. The third kappa shape index (κ3) is 8.50. The second-order valence-electron chi connectivity index (χ2n) is 8.30. The summed E-state index contributed by atoms with van der Waals surface area (Å²) in [5.74, 6) is 2.67. The molecule has 0 aliphatic carbocycles. The predicted octanol–water partition coefficient (Wildman–Crippen LogP) is 4.40. The lowest BCUT2D eigenvalue weighted by Gasteiger charge is -2.34. The zero-order valence-electron chi connectivity index (χ0n) is 19.8. The van der Waals surface area contributed by atoms with Crippen molar-refractivity contribution >= 4 is 35.8 Å². The number of benzene rings is 1. The summed E-state index contributed by atoms with van der Waals surface area (Å²) in [6.07, 6.45) is 3.75. The first-order chi connectivity index (χ1) is 14.5. The van der Waals surface area contributed by atoms with Crippen LogP contribution in [-0.2, 0) is 4.79 Å². The molecule has 1 amide bonds. The molecule has 2 rings (SSSR count). The third-order valence-corrected chi connectivity index (χ3v) is 5.90. The van der Waals surface area contributed by atoms with Gasteiger partial charge in [0.15, 0.2) is 5.96 Å². The smallest absolute Gasteiger partial charge is 0.225 e. The molecule has 2 N–H and O–H groups in total. The van der Waals surface area contributed by atoms with E-state index in [4.69, 9.17) is 4.74 Å². The van der Waals surface area contributed by atoms with Crippen molar-refractivity contribution in [2.75, 3.05) is 33.3 Å². The molecule has 0 atom stereocenters. The maximum atomic E-state index is 12.6. The number of hydrogen-bond acceptors (Lipinski definition) is 3. The van der Waals surface area contributed by atoms with Gasteiger partial charge in [-0.3, -0.25) is 9.79 Å². The van der Waals surface area contributed by atoms with Gasteiger partial charge >= 0.3 is 0 Å². The summed E-state index contributed by atoms with van der Waals surface area (Å²) in [5, 5.41) is 6.84. The largest absolute Gasteiger partial charge is 0.491 e. The highest BCUT2D eigenvalue weighted by Gasteiger charge is 2.26. The Bertz CT molecular complexity index is 684. The molecular weight excluding hydrogens is 503 g/mol. The molecule has 1 fully saturated rings. The number of aliphatic imine (C=N–C) groups is 1. The van der Waals surface area contributed by atoms with Crippen LogP contribution in [0.2, 0.25) is 0 Å². The molecule has 1 aromatic carbocycles. The number of halogens is 1. The number of carbonyl (C=O) groups excluding carboxylic acids is 1. The lowest BCUT2D eigenvalue weighted by atomic mass is 9.98. The molecule has 0 saturated carbocycles. The zero-order chi connectivity index (χ0) is 21.9. The summed E-state index contributed by atoms with van der Waals surface area (Å²) in [6, 6.07) is 8.54. The summed E-state index contributed by atoms with van der Waals surface area (Å²) >= 11 is 0. The number of rotatable bonds is 9. The lowest BCUT2D eigenvalue weighted by Crippen LogP contribution is -2.51. The van der Waals surface area contributed by atoms with Gasteiger partial charge in [0, 0.05) is 32.1 Å². The average Bonchev–Trinajstić information content (AvgIpc) is 2.77. The number of likely N-dealkylation sites (tertiary alicyclic amines) is 1. The number of nitrogens with zero attached hydrogens (tertiary/aromatic N) is 2. The van der Waals surface area contributed by atoms with Gasteiger partial charge in [-0.05, 0) is 43.2 Å². The van der Waals surface area contributed by atoms with E-state index in [-0.39, 0.29) is 29.9 Å². The monoisotopic (exact) mass is 544 g/mol. The quantitative estimate of drug-likeness (QED) is 0.210. The minimum atomic E-state index is 0. The van der Waals surface area contributed by atoms with Crippen LogP contribution >= 0.6 is 24.0 Å². The minimum absolute atomic E-state index is 0. The SMILES string of the molecule is CCC(CC)C(=O)N1CCC(NC(=NC)NCCOc2ccccc2C(C)C)CC1.I. The van der Waals surface area contributed by atoms with Gasteiger partial charge < -0.3 is 20.3 Å². The minimum Gasteiger partial charge on any atom is -0.491 e. The highest BCUT2D eigenvalue weighted by atomic mass is 127. The van der Waals surface area contributed by atoms with E-state index in [0.29, 0.717) is 31.0 Å². The molecule has 0 aromatic heterocycles. The van der Waals surface area contributed by atoms with Crippen LogP contribution in [-0.4, -0.2) is 56.1 Å². The standard InChI is InChI=1S/C24H40N4O2.HI/c1-6-19(7-2)23(29)28-15-12-20(13-16-28)27-24(25-5)26-14-17-30-22-11-9-8-10-21(22)18(3)4;/h8-11,18-20H,6-7,12-17H2,1-5H3,(H2,25,26,27);1H. The molecule has 1 aliphatic rings. The molecule has 1 aromatic rings. The highest BCUT2D eigenvalue weighted by molar-refractivity contribution is 14.0. The van der Waals surface area contributed by atoms with Crippen LogP contribution in [0.5, 0.6) is 5.75 Å². The van der Waals surface area contributed by atoms with E-state index in [0.717, 1.165) is 50.5 Å². The van der Waals surface area contributed by atoms with Crippen LogP contribution in [0, 0.1) is 5.92 Å². The Hall–Kier alpha value is -1.51. The normalized spacial score (nSPS) is 15.1. The van der Waals surface area contributed by atoms with Crippen molar-refractivity contribution in [1.29, 1.82) is 0 Å². The van der Waals surface area contributed by atoms with Gasteiger partial charge in [-0.2, -0.15) is 0 Å². The molecule has 1 aliphatic heterocycles. The molecule has 176 valence electrons. The molecule has 0 bridgehead atoms. The van der Waals surface area contributed by atoms with Gasteiger partial charge in [0.25, 0.3) is 0 Å². The first-order valence-electron chi connectivity index (χ1n) is 11.5. The van der Waals surface area contributed by atoms with Crippen molar-refractivity contribution in [1.82, 2.24) is 15.5 Å². The van der Waals surface area contributed by atoms with Crippen LogP contribution in [0.4, 0.5) is 0 Å². The summed E-state index contributed by atoms with van der Waals surface area (Å²) < 4.78 is 5.98. The molecular formula is C24H41IN4O2. The van der Waals surface area contributed by atoms with Crippen molar-refractivity contribution in [2.24, 2.45) is 10.9 Å². The van der Waals surface area contributed by atoms with Crippen molar-refractivity contribution in [3.8, 4) is 5.75 Å². The molecule has 0 unspecified atom stereocenters. The highest BCUT2D eigenvalue weighted by Crippen LogP contribution is 2.25. The number of hydrogen-bond donors (Lipinski definition) is 2. The Morgan fingerprint density at radius 2 is 1.84 bits per heavy atom. The van der Waals surface area contributed by atoms with Crippen molar-refractivity contribution in [2.45, 2.75) is 65.3 Å². The maximum absolute atomic E-state index is 12.6. The molecule has 31 heavy (non-hydrogen) atoms. The fraction of sp³-hybridized carbons (Fsp3) is 0.667. The van der Waals surface area contributed by atoms with E-state index < -0.39 is 0 Å². The van der Waals surface area contributed by atoms with Crippen molar-refractivity contribution < 1.29 is 9.53 Å².